The lowest BCUT2D eigenvalue weighted by molar-refractivity contribution is -0.134. The molecule has 0 aromatic heterocycles. The number of hydrogen-bond donors (Lipinski definition) is 0. The summed E-state index contributed by atoms with van der Waals surface area (Å²) in [7, 11) is 0. The van der Waals surface area contributed by atoms with Crippen LogP contribution < -0.4 is 4.74 Å². The molecule has 4 nitrogen and oxygen atoms in total. The fourth-order valence-electron chi connectivity index (χ4n) is 3.39. The fraction of sp³-hybridized carbons (Fsp3) is 0.364. The summed E-state index contributed by atoms with van der Waals surface area (Å²) in [5.41, 5.74) is 3.15. The highest BCUT2D eigenvalue weighted by Gasteiger charge is 2.28. The highest BCUT2D eigenvalue weighted by molar-refractivity contribution is 5.94. The van der Waals surface area contributed by atoms with E-state index in [0.29, 0.717) is 11.3 Å². The van der Waals surface area contributed by atoms with Crippen molar-refractivity contribution in [2.75, 3.05) is 13.2 Å². The molecule has 0 radical (unpaired) electrons. The van der Waals surface area contributed by atoms with Gasteiger partial charge in [-0.15, -0.1) is 0 Å². The van der Waals surface area contributed by atoms with Gasteiger partial charge in [0.15, 0.2) is 12.4 Å². The Balaban J connectivity index is 1.56. The molecule has 1 fully saturated rings. The smallest absolute Gasteiger partial charge is 0.260 e. The Morgan fingerprint density at radius 2 is 1.77 bits per heavy atom. The van der Waals surface area contributed by atoms with Crippen molar-refractivity contribution in [3.63, 3.8) is 0 Å². The number of rotatable bonds is 6. The molecule has 0 saturated carbocycles. The standard InChI is InChI=1S/C22H25NO3/c1-16-5-7-18(8-6-16)14-20-4-3-13-23(20)22(25)15-26-21-11-9-19(10-12-21)17(2)24/h5-12,20H,3-4,13-15H2,1-2H3. The van der Waals surface area contributed by atoms with Crippen molar-refractivity contribution in [1.82, 2.24) is 4.90 Å². The van der Waals surface area contributed by atoms with Crippen LogP contribution in [0.5, 0.6) is 5.75 Å². The van der Waals surface area contributed by atoms with Crippen molar-refractivity contribution in [3.05, 3.63) is 65.2 Å². The third-order valence-electron chi connectivity index (χ3n) is 4.91. The summed E-state index contributed by atoms with van der Waals surface area (Å²) >= 11 is 0. The first-order valence-electron chi connectivity index (χ1n) is 9.12. The van der Waals surface area contributed by atoms with Gasteiger partial charge in [-0.2, -0.15) is 0 Å². The van der Waals surface area contributed by atoms with Crippen molar-refractivity contribution in [2.24, 2.45) is 0 Å². The van der Waals surface area contributed by atoms with Crippen LogP contribution in [-0.2, 0) is 11.2 Å². The molecule has 1 unspecified atom stereocenters. The molecule has 0 bridgehead atoms. The van der Waals surface area contributed by atoms with Gasteiger partial charge in [-0.05, 0) is 62.9 Å². The number of aryl methyl sites for hydroxylation is 1. The second kappa shape index (κ2) is 8.17. The second-order valence-electron chi connectivity index (χ2n) is 6.94. The van der Waals surface area contributed by atoms with E-state index in [4.69, 9.17) is 4.74 Å². The first kappa shape index (κ1) is 18.2. The zero-order valence-corrected chi connectivity index (χ0v) is 15.4. The van der Waals surface area contributed by atoms with Crippen LogP contribution in [0.2, 0.25) is 0 Å². The number of likely N-dealkylation sites (tertiary alicyclic amines) is 1. The average Bonchev–Trinajstić information content (AvgIpc) is 3.10. The zero-order valence-electron chi connectivity index (χ0n) is 15.4. The van der Waals surface area contributed by atoms with E-state index in [1.54, 1.807) is 24.3 Å². The van der Waals surface area contributed by atoms with Crippen LogP contribution in [0.3, 0.4) is 0 Å². The lowest BCUT2D eigenvalue weighted by Gasteiger charge is -2.25. The number of carbonyl (C=O) groups excluding carboxylic acids is 2. The minimum Gasteiger partial charge on any atom is -0.484 e. The van der Waals surface area contributed by atoms with Gasteiger partial charge >= 0.3 is 0 Å². The van der Waals surface area contributed by atoms with Gasteiger partial charge in [0, 0.05) is 18.2 Å². The molecule has 3 rings (SSSR count). The minimum atomic E-state index is 0.0173. The molecule has 0 spiro atoms. The normalized spacial score (nSPS) is 16.5. The number of ketones is 1. The first-order valence-corrected chi connectivity index (χ1v) is 9.12. The maximum atomic E-state index is 12.6. The van der Waals surface area contributed by atoms with Crippen molar-refractivity contribution in [2.45, 2.75) is 39.2 Å². The Bertz CT molecular complexity index is 765. The Morgan fingerprint density at radius 1 is 1.08 bits per heavy atom. The maximum Gasteiger partial charge on any atom is 0.260 e. The summed E-state index contributed by atoms with van der Waals surface area (Å²) in [6.07, 6.45) is 2.96. The van der Waals surface area contributed by atoms with E-state index in [-0.39, 0.29) is 24.3 Å². The summed E-state index contributed by atoms with van der Waals surface area (Å²) in [6, 6.07) is 15.7. The number of Topliss-reactive ketones (excluding diaryl/α,β-unsaturated/α-hetero) is 1. The van der Waals surface area contributed by atoms with Crippen molar-refractivity contribution < 1.29 is 14.3 Å². The minimum absolute atomic E-state index is 0.0173. The van der Waals surface area contributed by atoms with E-state index in [1.165, 1.54) is 18.1 Å². The molecule has 2 aromatic carbocycles. The maximum absolute atomic E-state index is 12.6. The first-order chi connectivity index (χ1) is 12.5. The van der Waals surface area contributed by atoms with Gasteiger partial charge in [-0.25, -0.2) is 0 Å². The molecular formula is C22H25NO3. The predicted molar refractivity (Wildman–Crippen MR) is 102 cm³/mol. The molecule has 26 heavy (non-hydrogen) atoms. The molecule has 0 N–H and O–H groups in total. The predicted octanol–water partition coefficient (Wildman–Crippen LogP) is 3.81. The molecule has 1 saturated heterocycles. The quantitative estimate of drug-likeness (QED) is 0.744. The lowest BCUT2D eigenvalue weighted by Crippen LogP contribution is -2.39. The SMILES string of the molecule is CC(=O)c1ccc(OCC(=O)N2CCCC2Cc2ccc(C)cc2)cc1. The van der Waals surface area contributed by atoms with Crippen molar-refractivity contribution in [3.8, 4) is 5.75 Å². The molecule has 136 valence electrons. The molecule has 2 aromatic rings. The molecule has 1 atom stereocenters. The van der Waals surface area contributed by atoms with E-state index in [1.807, 2.05) is 4.90 Å². The van der Waals surface area contributed by atoms with Gasteiger partial charge in [0.25, 0.3) is 5.91 Å². The summed E-state index contributed by atoms with van der Waals surface area (Å²) in [6.45, 7) is 4.43. The second-order valence-corrected chi connectivity index (χ2v) is 6.94. The third kappa shape index (κ3) is 4.51. The summed E-state index contributed by atoms with van der Waals surface area (Å²) in [5, 5.41) is 0. The monoisotopic (exact) mass is 351 g/mol. The van der Waals surface area contributed by atoms with Gasteiger partial charge in [-0.1, -0.05) is 29.8 Å². The van der Waals surface area contributed by atoms with Gasteiger partial charge < -0.3 is 9.64 Å². The van der Waals surface area contributed by atoms with Crippen LogP contribution >= 0.6 is 0 Å². The van der Waals surface area contributed by atoms with E-state index in [9.17, 15) is 9.59 Å². The van der Waals surface area contributed by atoms with Crippen molar-refractivity contribution in [1.29, 1.82) is 0 Å². The molecule has 4 heteroatoms. The average molecular weight is 351 g/mol. The van der Waals surface area contributed by atoms with Gasteiger partial charge in [-0.3, -0.25) is 9.59 Å². The zero-order chi connectivity index (χ0) is 18.5. The van der Waals surface area contributed by atoms with Gasteiger partial charge in [0.2, 0.25) is 0 Å². The Morgan fingerprint density at radius 3 is 2.42 bits per heavy atom. The van der Waals surface area contributed by atoms with E-state index in [0.717, 1.165) is 25.8 Å². The van der Waals surface area contributed by atoms with E-state index >= 15 is 0 Å². The highest BCUT2D eigenvalue weighted by atomic mass is 16.5. The molecule has 1 aliphatic heterocycles. The fourth-order valence-corrected chi connectivity index (χ4v) is 3.39. The molecule has 1 aliphatic rings. The van der Waals surface area contributed by atoms with Gasteiger partial charge in [0.05, 0.1) is 0 Å². The molecular weight excluding hydrogens is 326 g/mol. The number of nitrogens with zero attached hydrogens (tertiary/aromatic N) is 1. The number of amides is 1. The number of ether oxygens (including phenoxy) is 1. The largest absolute Gasteiger partial charge is 0.484 e. The van der Waals surface area contributed by atoms with Crippen LogP contribution in [0.4, 0.5) is 0 Å². The third-order valence-corrected chi connectivity index (χ3v) is 4.91. The summed E-state index contributed by atoms with van der Waals surface area (Å²) < 4.78 is 5.63. The van der Waals surface area contributed by atoms with E-state index in [2.05, 4.69) is 31.2 Å². The van der Waals surface area contributed by atoms with Gasteiger partial charge in [0.1, 0.15) is 5.75 Å². The molecule has 1 amide bonds. The molecule has 1 heterocycles. The van der Waals surface area contributed by atoms with Crippen LogP contribution in [0.25, 0.3) is 0 Å². The number of carbonyl (C=O) groups is 2. The Hall–Kier alpha value is -2.62. The number of benzene rings is 2. The summed E-state index contributed by atoms with van der Waals surface area (Å²) in [5.74, 6) is 0.650. The summed E-state index contributed by atoms with van der Waals surface area (Å²) in [4.78, 5) is 25.8. The molecule has 0 aliphatic carbocycles. The highest BCUT2D eigenvalue weighted by Crippen LogP contribution is 2.22. The number of hydrogen-bond acceptors (Lipinski definition) is 3. The van der Waals surface area contributed by atoms with Crippen LogP contribution in [0, 0.1) is 6.92 Å². The van der Waals surface area contributed by atoms with Crippen LogP contribution in [0.1, 0.15) is 41.3 Å². The van der Waals surface area contributed by atoms with Crippen molar-refractivity contribution >= 4 is 11.7 Å². The van der Waals surface area contributed by atoms with E-state index < -0.39 is 0 Å². The topological polar surface area (TPSA) is 46.6 Å². The van der Waals surface area contributed by atoms with Crippen LogP contribution in [-0.4, -0.2) is 35.8 Å². The Kier molecular flexibility index (Phi) is 5.71. The Labute approximate surface area is 154 Å². The van der Waals surface area contributed by atoms with Crippen LogP contribution in [0.15, 0.2) is 48.5 Å². The lowest BCUT2D eigenvalue weighted by atomic mass is 10.0.